The minimum atomic E-state index is -0.638. The van der Waals surface area contributed by atoms with E-state index in [1.807, 2.05) is 66.7 Å². The van der Waals surface area contributed by atoms with Crippen molar-refractivity contribution in [3.63, 3.8) is 0 Å². The predicted octanol–water partition coefficient (Wildman–Crippen LogP) is 6.12. The fraction of sp³-hybridized carbons (Fsp3) is 0.194. The maximum absolute atomic E-state index is 10.1. The van der Waals surface area contributed by atoms with Crippen molar-refractivity contribution in [2.75, 3.05) is 13.2 Å². The Morgan fingerprint density at radius 2 is 1.42 bits per heavy atom. The number of aromatic nitrogens is 2. The molecule has 5 aromatic rings. The van der Waals surface area contributed by atoms with Gasteiger partial charge >= 0.3 is 0 Å². The average molecular weight is 525 g/mol. The number of aliphatic hydroxyl groups excluding tert-OH is 1. The van der Waals surface area contributed by atoms with Crippen molar-refractivity contribution in [1.29, 1.82) is 0 Å². The fourth-order valence-corrected chi connectivity index (χ4v) is 5.64. The lowest BCUT2D eigenvalue weighted by Crippen LogP contribution is -2.34. The van der Waals surface area contributed by atoms with E-state index in [4.69, 9.17) is 30.8 Å². The van der Waals surface area contributed by atoms with Crippen molar-refractivity contribution in [3.05, 3.63) is 96.0 Å². The summed E-state index contributed by atoms with van der Waals surface area (Å²) >= 11 is 6.77. The Morgan fingerprint density at radius 1 is 0.789 bits per heavy atom. The second-order valence-electron chi connectivity index (χ2n) is 9.67. The Kier molecular flexibility index (Phi) is 5.90. The van der Waals surface area contributed by atoms with Gasteiger partial charge < -0.3 is 24.3 Å². The van der Waals surface area contributed by atoms with E-state index in [0.29, 0.717) is 23.2 Å². The van der Waals surface area contributed by atoms with Crippen LogP contribution in [-0.2, 0) is 9.47 Å². The van der Waals surface area contributed by atoms with E-state index < -0.39 is 6.10 Å². The Hall–Kier alpha value is -3.68. The largest absolute Gasteiger partial charge is 0.470 e. The lowest BCUT2D eigenvalue weighted by molar-refractivity contribution is 0.00805. The van der Waals surface area contributed by atoms with Gasteiger partial charge in [0.25, 0.3) is 0 Å². The molecule has 0 spiro atoms. The van der Waals surface area contributed by atoms with Gasteiger partial charge in [0, 0.05) is 5.56 Å². The number of pyridine rings is 1. The highest BCUT2D eigenvalue weighted by Gasteiger charge is 2.48. The Labute approximate surface area is 224 Å². The first-order valence-corrected chi connectivity index (χ1v) is 13.0. The van der Waals surface area contributed by atoms with Crippen LogP contribution in [-0.4, -0.2) is 52.7 Å². The lowest BCUT2D eigenvalue weighted by atomic mass is 10.0. The molecule has 2 saturated heterocycles. The molecule has 190 valence electrons. The average Bonchev–Trinajstić information content (AvgIpc) is 3.64. The van der Waals surface area contributed by atoms with E-state index >= 15 is 0 Å². The smallest absolute Gasteiger partial charge is 0.202 e. The molecule has 0 saturated carbocycles. The molecular weight excluding hydrogens is 500 g/mol. The Bertz CT molecular complexity index is 1590. The first-order chi connectivity index (χ1) is 18.7. The molecule has 7 rings (SSSR count). The zero-order chi connectivity index (χ0) is 25.6. The number of hydrogen-bond donors (Lipinski definition) is 2. The highest BCUT2D eigenvalue weighted by molar-refractivity contribution is 6.33. The van der Waals surface area contributed by atoms with E-state index in [-0.39, 0.29) is 24.9 Å². The quantitative estimate of drug-likeness (QED) is 0.289. The van der Waals surface area contributed by atoms with E-state index in [2.05, 4.69) is 29.2 Å². The third-order valence-corrected chi connectivity index (χ3v) is 7.56. The van der Waals surface area contributed by atoms with Gasteiger partial charge in [0.1, 0.15) is 23.8 Å². The van der Waals surface area contributed by atoms with Gasteiger partial charge in [0.05, 0.1) is 35.0 Å². The third kappa shape index (κ3) is 4.06. The highest BCUT2D eigenvalue weighted by Crippen LogP contribution is 2.41. The maximum Gasteiger partial charge on any atom is 0.202 e. The molecule has 2 aliphatic heterocycles. The van der Waals surface area contributed by atoms with Crippen LogP contribution in [0.2, 0.25) is 5.02 Å². The number of rotatable bonds is 5. The highest BCUT2D eigenvalue weighted by atomic mass is 35.5. The molecule has 2 unspecified atom stereocenters. The number of hydrogen-bond acceptors (Lipinski definition) is 5. The molecule has 4 heterocycles. The standard InChI is InChI=1S/C31H25ClN2O4/c32-22-15-23-28(34-27(22)21-13-11-19(12-14-21)18-7-3-1-4-8-18)26(20-9-5-2-6-10-20)31(33-23)38-25-17-37-29-24(35)16-36-30(25)29/h1-15,24-25,29-30,33,35H,16-17H2/t24?,25?,29-,30-/m1/s1. The van der Waals surface area contributed by atoms with Crippen molar-refractivity contribution < 1.29 is 19.3 Å². The minimum Gasteiger partial charge on any atom is -0.470 e. The summed E-state index contributed by atoms with van der Waals surface area (Å²) in [5.74, 6) is 0.575. The van der Waals surface area contributed by atoms with Gasteiger partial charge in [-0.25, -0.2) is 4.98 Å². The van der Waals surface area contributed by atoms with Crippen molar-refractivity contribution >= 4 is 22.6 Å². The number of fused-ring (bicyclic) bond motifs is 2. The molecule has 2 fully saturated rings. The Balaban J connectivity index is 1.30. The molecule has 3 aromatic carbocycles. The second-order valence-corrected chi connectivity index (χ2v) is 10.1. The monoisotopic (exact) mass is 524 g/mol. The summed E-state index contributed by atoms with van der Waals surface area (Å²) in [7, 11) is 0. The molecule has 0 aliphatic carbocycles. The predicted molar refractivity (Wildman–Crippen MR) is 147 cm³/mol. The molecule has 2 N–H and O–H groups in total. The number of nitrogens with zero attached hydrogens (tertiary/aromatic N) is 1. The lowest BCUT2D eigenvalue weighted by Gasteiger charge is -2.18. The molecule has 7 heteroatoms. The summed E-state index contributed by atoms with van der Waals surface area (Å²) in [6, 6.07) is 30.4. The normalized spacial score (nSPS) is 22.6. The van der Waals surface area contributed by atoms with E-state index in [1.165, 1.54) is 0 Å². The molecule has 0 bridgehead atoms. The van der Waals surface area contributed by atoms with Crippen LogP contribution in [0.3, 0.4) is 0 Å². The number of benzene rings is 3. The van der Waals surface area contributed by atoms with Gasteiger partial charge in [-0.2, -0.15) is 0 Å². The van der Waals surface area contributed by atoms with Crippen LogP contribution in [0.25, 0.3) is 44.5 Å². The molecular formula is C31H25ClN2O4. The van der Waals surface area contributed by atoms with Crippen LogP contribution < -0.4 is 4.74 Å². The SMILES string of the molecule is OC1CO[C@@H]2C(Oc3[nH]c4cc(Cl)c(-c5ccc(-c6ccccc6)cc5)nc4c3-c3ccccc3)CO[C@H]12. The van der Waals surface area contributed by atoms with Gasteiger partial charge in [-0.05, 0) is 22.8 Å². The van der Waals surface area contributed by atoms with Gasteiger partial charge in [0.2, 0.25) is 5.88 Å². The van der Waals surface area contributed by atoms with Crippen LogP contribution >= 0.6 is 11.6 Å². The van der Waals surface area contributed by atoms with Gasteiger partial charge in [-0.1, -0.05) is 96.5 Å². The number of aliphatic hydroxyl groups is 1. The van der Waals surface area contributed by atoms with Gasteiger partial charge in [-0.15, -0.1) is 0 Å². The second kappa shape index (κ2) is 9.57. The van der Waals surface area contributed by atoms with Crippen LogP contribution in [0.15, 0.2) is 91.0 Å². The van der Waals surface area contributed by atoms with Crippen molar-refractivity contribution in [1.82, 2.24) is 9.97 Å². The number of nitrogens with one attached hydrogen (secondary N) is 1. The van der Waals surface area contributed by atoms with E-state index in [9.17, 15) is 5.11 Å². The maximum atomic E-state index is 10.1. The minimum absolute atomic E-state index is 0.247. The van der Waals surface area contributed by atoms with Crippen LogP contribution in [0.4, 0.5) is 0 Å². The summed E-state index contributed by atoms with van der Waals surface area (Å²) in [6.07, 6.45) is -1.69. The van der Waals surface area contributed by atoms with Crippen LogP contribution in [0.5, 0.6) is 5.88 Å². The Morgan fingerprint density at radius 3 is 2.16 bits per heavy atom. The first-order valence-electron chi connectivity index (χ1n) is 12.7. The molecule has 6 nitrogen and oxygen atoms in total. The van der Waals surface area contributed by atoms with Crippen molar-refractivity contribution in [2.45, 2.75) is 24.4 Å². The summed E-state index contributed by atoms with van der Waals surface area (Å²) < 4.78 is 18.0. The third-order valence-electron chi connectivity index (χ3n) is 7.27. The van der Waals surface area contributed by atoms with E-state index in [1.54, 1.807) is 0 Å². The van der Waals surface area contributed by atoms with Gasteiger partial charge in [-0.3, -0.25) is 0 Å². The topological polar surface area (TPSA) is 76.6 Å². The zero-order valence-electron chi connectivity index (χ0n) is 20.4. The number of ether oxygens (including phenoxy) is 3. The summed E-state index contributed by atoms with van der Waals surface area (Å²) in [5.41, 5.74) is 7.28. The fourth-order valence-electron chi connectivity index (χ4n) is 5.38. The van der Waals surface area contributed by atoms with Gasteiger partial charge in [0.15, 0.2) is 6.10 Å². The molecule has 38 heavy (non-hydrogen) atoms. The number of halogens is 1. The molecule has 2 aliphatic rings. The summed E-state index contributed by atoms with van der Waals surface area (Å²) in [5, 5.41) is 10.7. The molecule has 0 radical (unpaired) electrons. The molecule has 0 amide bonds. The van der Waals surface area contributed by atoms with E-state index in [0.717, 1.165) is 38.9 Å². The summed E-state index contributed by atoms with van der Waals surface area (Å²) in [6.45, 7) is 0.584. The van der Waals surface area contributed by atoms with Crippen molar-refractivity contribution in [2.24, 2.45) is 0 Å². The molecule has 2 aromatic heterocycles. The van der Waals surface area contributed by atoms with Crippen LogP contribution in [0, 0.1) is 0 Å². The van der Waals surface area contributed by atoms with Crippen LogP contribution in [0.1, 0.15) is 0 Å². The number of H-pyrrole nitrogens is 1. The number of aromatic amines is 1. The summed E-state index contributed by atoms with van der Waals surface area (Å²) in [4.78, 5) is 8.44. The molecule has 4 atom stereocenters. The van der Waals surface area contributed by atoms with Crippen molar-refractivity contribution in [3.8, 4) is 39.4 Å². The zero-order valence-corrected chi connectivity index (χ0v) is 21.1. The first kappa shape index (κ1) is 23.4.